The molecule has 120 valence electrons. The first-order chi connectivity index (χ1) is 10.4. The number of benzene rings is 1. The fourth-order valence-electron chi connectivity index (χ4n) is 2.61. The number of hydrogen-bond donors (Lipinski definition) is 2. The van der Waals surface area contributed by atoms with E-state index in [-0.39, 0.29) is 6.61 Å². The van der Waals surface area contributed by atoms with Crippen LogP contribution in [0, 0.1) is 20.8 Å². The van der Waals surface area contributed by atoms with Crippen LogP contribution in [-0.4, -0.2) is 35.6 Å². The Bertz CT molecular complexity index is 646. The van der Waals surface area contributed by atoms with Crippen molar-refractivity contribution in [2.24, 2.45) is 0 Å². The van der Waals surface area contributed by atoms with Crippen LogP contribution < -0.4 is 10.2 Å². The minimum atomic E-state index is 0.111. The molecule has 5 heteroatoms. The Hall–Kier alpha value is -2.01. The quantitative estimate of drug-likeness (QED) is 0.861. The molecule has 22 heavy (non-hydrogen) atoms. The van der Waals surface area contributed by atoms with Gasteiger partial charge in [-0.3, -0.25) is 4.68 Å². The minimum Gasteiger partial charge on any atom is -0.394 e. The van der Waals surface area contributed by atoms with Gasteiger partial charge < -0.3 is 15.3 Å². The molecule has 0 saturated heterocycles. The van der Waals surface area contributed by atoms with Gasteiger partial charge in [-0.15, -0.1) is 0 Å². The first-order valence-electron chi connectivity index (χ1n) is 7.59. The van der Waals surface area contributed by atoms with Crippen LogP contribution in [0.1, 0.15) is 22.5 Å². The van der Waals surface area contributed by atoms with Crippen molar-refractivity contribution in [3.05, 3.63) is 40.7 Å². The molecule has 0 amide bonds. The fraction of sp³-hybridized carbons (Fsp3) is 0.471. The van der Waals surface area contributed by atoms with Gasteiger partial charge in [0.2, 0.25) is 0 Å². The lowest BCUT2D eigenvalue weighted by Gasteiger charge is -2.16. The highest BCUT2D eigenvalue weighted by atomic mass is 16.3. The van der Waals surface area contributed by atoms with Crippen molar-refractivity contribution in [3.63, 3.8) is 0 Å². The van der Waals surface area contributed by atoms with Crippen molar-refractivity contribution < 1.29 is 5.11 Å². The molecule has 1 aromatic heterocycles. The summed E-state index contributed by atoms with van der Waals surface area (Å²) in [6.45, 7) is 7.58. The molecule has 2 rings (SSSR count). The summed E-state index contributed by atoms with van der Waals surface area (Å²) >= 11 is 0. The number of rotatable bonds is 6. The Kier molecular flexibility index (Phi) is 5.08. The Morgan fingerprint density at radius 3 is 2.55 bits per heavy atom. The predicted octanol–water partition coefficient (Wildman–Crippen LogP) is 2.48. The van der Waals surface area contributed by atoms with E-state index in [0.717, 1.165) is 23.6 Å². The second-order valence-electron chi connectivity index (χ2n) is 5.84. The van der Waals surface area contributed by atoms with E-state index in [1.165, 1.54) is 16.8 Å². The first-order valence-corrected chi connectivity index (χ1v) is 7.59. The molecule has 0 aliphatic carbocycles. The smallest absolute Gasteiger partial charge is 0.0646 e. The summed E-state index contributed by atoms with van der Waals surface area (Å²) in [6, 6.07) is 6.41. The van der Waals surface area contributed by atoms with Gasteiger partial charge in [0, 0.05) is 43.3 Å². The van der Waals surface area contributed by atoms with E-state index < -0.39 is 0 Å². The highest BCUT2D eigenvalue weighted by molar-refractivity contribution is 5.60. The SMILES string of the molecule is Cc1cc(N(C)C)ccc1NCc1c(C)nn(CCO)c1C. The van der Waals surface area contributed by atoms with Crippen LogP contribution in [0.4, 0.5) is 11.4 Å². The van der Waals surface area contributed by atoms with Gasteiger partial charge in [0.1, 0.15) is 0 Å². The topological polar surface area (TPSA) is 53.3 Å². The molecular weight excluding hydrogens is 276 g/mol. The van der Waals surface area contributed by atoms with E-state index in [1.54, 1.807) is 0 Å². The number of nitrogens with one attached hydrogen (secondary N) is 1. The lowest BCUT2D eigenvalue weighted by Crippen LogP contribution is -2.10. The molecule has 0 radical (unpaired) electrons. The maximum Gasteiger partial charge on any atom is 0.0646 e. The summed E-state index contributed by atoms with van der Waals surface area (Å²) < 4.78 is 1.87. The zero-order valence-electron chi connectivity index (χ0n) is 14.1. The lowest BCUT2D eigenvalue weighted by molar-refractivity contribution is 0.268. The van der Waals surface area contributed by atoms with Crippen LogP contribution in [0.25, 0.3) is 0 Å². The normalized spacial score (nSPS) is 10.8. The third kappa shape index (κ3) is 3.42. The average molecular weight is 302 g/mol. The molecule has 5 nitrogen and oxygen atoms in total. The second-order valence-corrected chi connectivity index (χ2v) is 5.84. The van der Waals surface area contributed by atoms with Gasteiger partial charge in [0.05, 0.1) is 18.8 Å². The number of aliphatic hydroxyl groups excluding tert-OH is 1. The number of aromatic nitrogens is 2. The Labute approximate surface area is 132 Å². The molecule has 0 fully saturated rings. The first kappa shape index (κ1) is 16.4. The number of anilines is 2. The van der Waals surface area contributed by atoms with E-state index in [2.05, 4.69) is 47.4 Å². The van der Waals surface area contributed by atoms with E-state index in [0.29, 0.717) is 6.54 Å². The van der Waals surface area contributed by atoms with E-state index in [4.69, 9.17) is 5.11 Å². The minimum absolute atomic E-state index is 0.111. The van der Waals surface area contributed by atoms with E-state index in [9.17, 15) is 0 Å². The van der Waals surface area contributed by atoms with Crippen molar-refractivity contribution in [2.45, 2.75) is 33.9 Å². The van der Waals surface area contributed by atoms with Gasteiger partial charge in [-0.25, -0.2) is 0 Å². The molecule has 0 spiro atoms. The molecule has 1 aromatic carbocycles. The third-order valence-electron chi connectivity index (χ3n) is 4.03. The molecule has 0 unspecified atom stereocenters. The number of hydrogen-bond acceptors (Lipinski definition) is 4. The van der Waals surface area contributed by atoms with Crippen LogP contribution in [0.2, 0.25) is 0 Å². The fourth-order valence-corrected chi connectivity index (χ4v) is 2.61. The van der Waals surface area contributed by atoms with Gasteiger partial charge in [0.25, 0.3) is 0 Å². The molecule has 0 bridgehead atoms. The Balaban J connectivity index is 2.13. The molecule has 0 saturated carbocycles. The Morgan fingerprint density at radius 2 is 1.95 bits per heavy atom. The predicted molar refractivity (Wildman–Crippen MR) is 91.6 cm³/mol. The molecule has 2 aromatic rings. The van der Waals surface area contributed by atoms with Gasteiger partial charge in [-0.2, -0.15) is 5.10 Å². The van der Waals surface area contributed by atoms with Crippen LogP contribution in [0.3, 0.4) is 0 Å². The summed E-state index contributed by atoms with van der Waals surface area (Å²) in [7, 11) is 4.09. The highest BCUT2D eigenvalue weighted by Crippen LogP contribution is 2.23. The summed E-state index contributed by atoms with van der Waals surface area (Å²) in [5.74, 6) is 0. The largest absolute Gasteiger partial charge is 0.394 e. The Morgan fingerprint density at radius 1 is 1.23 bits per heavy atom. The second kappa shape index (κ2) is 6.83. The van der Waals surface area contributed by atoms with Crippen molar-refractivity contribution in [1.29, 1.82) is 0 Å². The van der Waals surface area contributed by atoms with Crippen molar-refractivity contribution in [3.8, 4) is 0 Å². The molecule has 0 aliphatic heterocycles. The molecule has 2 N–H and O–H groups in total. The standard InChI is InChI=1S/C17H26N4O/c1-12-10-15(20(4)5)6-7-17(12)18-11-16-13(2)19-21(8-9-22)14(16)3/h6-7,10,18,22H,8-9,11H2,1-5H3. The van der Waals surface area contributed by atoms with Crippen molar-refractivity contribution >= 4 is 11.4 Å². The lowest BCUT2D eigenvalue weighted by atomic mass is 10.1. The van der Waals surface area contributed by atoms with Gasteiger partial charge in [-0.05, 0) is 44.5 Å². The molecule has 0 aliphatic rings. The molecule has 0 atom stereocenters. The summed E-state index contributed by atoms with van der Waals surface area (Å²) in [4.78, 5) is 2.10. The van der Waals surface area contributed by atoms with E-state index >= 15 is 0 Å². The van der Waals surface area contributed by atoms with Crippen molar-refractivity contribution in [2.75, 3.05) is 30.9 Å². The van der Waals surface area contributed by atoms with E-state index in [1.807, 2.05) is 25.7 Å². The average Bonchev–Trinajstić information content (AvgIpc) is 2.73. The number of nitrogens with zero attached hydrogens (tertiary/aromatic N) is 3. The van der Waals surface area contributed by atoms with Crippen LogP contribution in [-0.2, 0) is 13.1 Å². The third-order valence-corrected chi connectivity index (χ3v) is 4.03. The summed E-state index contributed by atoms with van der Waals surface area (Å²) in [5, 5.41) is 17.1. The summed E-state index contributed by atoms with van der Waals surface area (Å²) in [5.41, 5.74) is 6.89. The maximum absolute atomic E-state index is 9.08. The van der Waals surface area contributed by atoms with Crippen LogP contribution in [0.15, 0.2) is 18.2 Å². The number of aryl methyl sites for hydroxylation is 2. The zero-order valence-corrected chi connectivity index (χ0v) is 14.1. The molecular formula is C17H26N4O. The maximum atomic E-state index is 9.08. The molecule has 1 heterocycles. The van der Waals surface area contributed by atoms with Gasteiger partial charge in [0.15, 0.2) is 0 Å². The van der Waals surface area contributed by atoms with Crippen LogP contribution >= 0.6 is 0 Å². The number of aliphatic hydroxyl groups is 1. The summed E-state index contributed by atoms with van der Waals surface area (Å²) in [6.07, 6.45) is 0. The van der Waals surface area contributed by atoms with Crippen LogP contribution in [0.5, 0.6) is 0 Å². The zero-order chi connectivity index (χ0) is 16.3. The highest BCUT2D eigenvalue weighted by Gasteiger charge is 2.11. The van der Waals surface area contributed by atoms with Gasteiger partial charge >= 0.3 is 0 Å². The monoisotopic (exact) mass is 302 g/mol. The van der Waals surface area contributed by atoms with Crippen molar-refractivity contribution in [1.82, 2.24) is 9.78 Å². The van der Waals surface area contributed by atoms with Gasteiger partial charge in [-0.1, -0.05) is 0 Å².